The van der Waals surface area contributed by atoms with Crippen LogP contribution in [0.4, 0.5) is 10.2 Å². The summed E-state index contributed by atoms with van der Waals surface area (Å²) in [4.78, 5) is 15.8. The smallest absolute Gasteiger partial charge is 0.183 e. The molecule has 0 fully saturated rings. The van der Waals surface area contributed by atoms with Gasteiger partial charge in [0, 0.05) is 26.2 Å². The van der Waals surface area contributed by atoms with Gasteiger partial charge in [-0.25, -0.2) is 19.3 Å². The van der Waals surface area contributed by atoms with Crippen LogP contribution in [0.1, 0.15) is 21.4 Å². The van der Waals surface area contributed by atoms with Crippen molar-refractivity contribution in [3.05, 3.63) is 65.3 Å². The monoisotopic (exact) mass is 401 g/mol. The maximum absolute atomic E-state index is 14.4. The predicted octanol–water partition coefficient (Wildman–Crippen LogP) is 5.49. The molecule has 6 nitrogen and oxygen atoms in total. The molecule has 28 heavy (non-hydrogen) atoms. The number of nitrogens with one attached hydrogen (secondary N) is 2. The van der Waals surface area contributed by atoms with E-state index >= 15 is 0 Å². The van der Waals surface area contributed by atoms with E-state index in [0.717, 1.165) is 22.9 Å². The molecule has 0 amide bonds. The Morgan fingerprint density at radius 2 is 2.11 bits per heavy atom. The van der Waals surface area contributed by atoms with Crippen LogP contribution in [0.15, 0.2) is 48.9 Å². The van der Waals surface area contributed by atoms with Crippen LogP contribution in [-0.2, 0) is 0 Å². The van der Waals surface area contributed by atoms with E-state index in [9.17, 15) is 4.39 Å². The van der Waals surface area contributed by atoms with Crippen LogP contribution >= 0.6 is 11.6 Å². The molecule has 3 aromatic heterocycles. The molecule has 2 N–H and O–H groups in total. The average Bonchev–Trinajstić information content (AvgIpc) is 3.12. The molecule has 0 saturated carbocycles. The van der Waals surface area contributed by atoms with Crippen LogP contribution in [-0.4, -0.2) is 27.0 Å². The molecule has 0 aliphatic carbocycles. The number of benzene rings is 1. The second-order valence-corrected chi connectivity index (χ2v) is 6.72. The number of methoxy groups -OCH3 is 1. The number of rotatable bonds is 5. The third-order valence-corrected chi connectivity index (χ3v) is 4.64. The Kier molecular flexibility index (Phi) is 4.83. The van der Waals surface area contributed by atoms with Crippen LogP contribution in [0, 0.1) is 5.82 Å². The highest BCUT2D eigenvalue weighted by atomic mass is 35.5. The lowest BCUT2D eigenvalue weighted by Gasteiger charge is -2.16. The number of pyridine rings is 1. The molecule has 1 aromatic carbocycles. The molecular formula is C20H21ClFN5O. The molecular weight excluding hydrogens is 381 g/mol. The highest BCUT2D eigenvalue weighted by molar-refractivity contribution is 6.31. The van der Waals surface area contributed by atoms with Crippen LogP contribution in [0.3, 0.4) is 0 Å². The lowest BCUT2D eigenvalue weighted by atomic mass is 10.1. The second-order valence-electron chi connectivity index (χ2n) is 6.28. The number of fused-ring (bicyclic) bond motifs is 1. The van der Waals surface area contributed by atoms with E-state index in [0.29, 0.717) is 22.1 Å². The van der Waals surface area contributed by atoms with Crippen molar-refractivity contribution in [3.63, 3.8) is 0 Å². The molecule has 0 saturated heterocycles. The first kappa shape index (κ1) is 18.2. The first-order chi connectivity index (χ1) is 13.5. The minimum absolute atomic E-state index is 0. The van der Waals surface area contributed by atoms with E-state index in [-0.39, 0.29) is 14.7 Å². The average molecular weight is 402 g/mol. The zero-order chi connectivity index (χ0) is 19.7. The van der Waals surface area contributed by atoms with E-state index in [1.54, 1.807) is 25.6 Å². The molecule has 0 aliphatic rings. The maximum Gasteiger partial charge on any atom is 0.183 e. The molecule has 0 radical (unpaired) electrons. The molecule has 146 valence electrons. The van der Waals surface area contributed by atoms with Gasteiger partial charge in [-0.2, -0.15) is 0 Å². The van der Waals surface area contributed by atoms with E-state index in [1.165, 1.54) is 0 Å². The number of H-pyrrole nitrogens is 1. The SMILES string of the molecule is COc1cccc([C@H](C)Nc2nc(-c3c[nH]c4ncc(Cl)cc34)ncc2F)c1.[HH].[HH]. The van der Waals surface area contributed by atoms with Gasteiger partial charge in [-0.1, -0.05) is 23.7 Å². The number of halogens is 2. The van der Waals surface area contributed by atoms with Gasteiger partial charge < -0.3 is 15.0 Å². The van der Waals surface area contributed by atoms with Crippen LogP contribution in [0.25, 0.3) is 22.4 Å². The third kappa shape index (κ3) is 3.48. The first-order valence-corrected chi connectivity index (χ1v) is 8.99. The quantitative estimate of drug-likeness (QED) is 0.462. The molecule has 0 spiro atoms. The van der Waals surface area contributed by atoms with E-state index < -0.39 is 5.82 Å². The summed E-state index contributed by atoms with van der Waals surface area (Å²) in [6.07, 6.45) is 4.44. The third-order valence-electron chi connectivity index (χ3n) is 4.43. The van der Waals surface area contributed by atoms with Gasteiger partial charge in [0.1, 0.15) is 11.4 Å². The number of hydrogen-bond acceptors (Lipinski definition) is 5. The van der Waals surface area contributed by atoms with E-state index in [4.69, 9.17) is 16.3 Å². The summed E-state index contributed by atoms with van der Waals surface area (Å²) < 4.78 is 19.6. The van der Waals surface area contributed by atoms with Gasteiger partial charge in [-0.3, -0.25) is 0 Å². The Balaban J connectivity index is 0.00000160. The lowest BCUT2D eigenvalue weighted by Crippen LogP contribution is -2.10. The van der Waals surface area contributed by atoms with Crippen molar-refractivity contribution in [3.8, 4) is 17.1 Å². The molecule has 8 heteroatoms. The number of aromatic amines is 1. The standard InChI is InChI=1S/C20H17ClFN5O.2H2/c1-11(12-4-3-5-14(6-12)28-2)26-20-17(22)10-25-19(27-20)16-9-24-18-15(16)7-13(21)8-23-18;;/h3-11H,1-2H3,(H,23,24)(H,25,26,27);2*1H/t11-;;/m0../s1. The summed E-state index contributed by atoms with van der Waals surface area (Å²) in [5.74, 6) is 0.689. The van der Waals surface area contributed by atoms with Crippen molar-refractivity contribution in [2.24, 2.45) is 0 Å². The number of ether oxygens (including phenoxy) is 1. The zero-order valence-corrected chi connectivity index (χ0v) is 16.0. The summed E-state index contributed by atoms with van der Waals surface area (Å²) in [6, 6.07) is 9.16. The molecule has 4 rings (SSSR count). The van der Waals surface area contributed by atoms with Gasteiger partial charge in [0.2, 0.25) is 0 Å². The lowest BCUT2D eigenvalue weighted by molar-refractivity contribution is 0.414. The normalized spacial score (nSPS) is 12.1. The first-order valence-electron chi connectivity index (χ1n) is 8.61. The topological polar surface area (TPSA) is 75.7 Å². The van der Waals surface area contributed by atoms with Crippen molar-refractivity contribution >= 4 is 28.5 Å². The summed E-state index contributed by atoms with van der Waals surface area (Å²) in [6.45, 7) is 1.92. The highest BCUT2D eigenvalue weighted by Gasteiger charge is 2.15. The Morgan fingerprint density at radius 3 is 2.93 bits per heavy atom. The van der Waals surface area contributed by atoms with Crippen molar-refractivity contribution in [1.29, 1.82) is 0 Å². The summed E-state index contributed by atoms with van der Waals surface area (Å²) in [7, 11) is 1.61. The fourth-order valence-electron chi connectivity index (χ4n) is 2.96. The molecule has 0 bridgehead atoms. The fraction of sp³-hybridized carbons (Fsp3) is 0.150. The Hall–Kier alpha value is -3.19. The van der Waals surface area contributed by atoms with Gasteiger partial charge in [-0.05, 0) is 30.7 Å². The second kappa shape index (κ2) is 7.44. The predicted molar refractivity (Wildman–Crippen MR) is 111 cm³/mol. The summed E-state index contributed by atoms with van der Waals surface area (Å²) in [5, 5.41) is 4.38. The number of aromatic nitrogens is 4. The van der Waals surface area contributed by atoms with Gasteiger partial charge in [0.05, 0.1) is 24.4 Å². The van der Waals surface area contributed by atoms with Gasteiger partial charge in [0.15, 0.2) is 17.5 Å². The molecule has 0 unspecified atom stereocenters. The van der Waals surface area contributed by atoms with Gasteiger partial charge in [-0.15, -0.1) is 0 Å². The number of nitrogens with zero attached hydrogens (tertiary/aromatic N) is 3. The minimum Gasteiger partial charge on any atom is -0.497 e. The Morgan fingerprint density at radius 1 is 1.25 bits per heavy atom. The van der Waals surface area contributed by atoms with Crippen molar-refractivity contribution in [2.45, 2.75) is 13.0 Å². The largest absolute Gasteiger partial charge is 0.497 e. The van der Waals surface area contributed by atoms with Crippen LogP contribution in [0.2, 0.25) is 5.02 Å². The number of anilines is 1. The molecule has 4 aromatic rings. The zero-order valence-electron chi connectivity index (χ0n) is 15.2. The Labute approximate surface area is 168 Å². The minimum atomic E-state index is -0.533. The summed E-state index contributed by atoms with van der Waals surface area (Å²) in [5.41, 5.74) is 2.30. The summed E-state index contributed by atoms with van der Waals surface area (Å²) >= 11 is 6.05. The van der Waals surface area contributed by atoms with Crippen LogP contribution < -0.4 is 10.1 Å². The van der Waals surface area contributed by atoms with Crippen molar-refractivity contribution in [1.82, 2.24) is 19.9 Å². The molecule has 1 atom stereocenters. The maximum atomic E-state index is 14.4. The van der Waals surface area contributed by atoms with Crippen LogP contribution in [0.5, 0.6) is 5.75 Å². The van der Waals surface area contributed by atoms with Gasteiger partial charge in [0.25, 0.3) is 0 Å². The van der Waals surface area contributed by atoms with Gasteiger partial charge >= 0.3 is 0 Å². The molecule has 0 aliphatic heterocycles. The van der Waals surface area contributed by atoms with Crippen molar-refractivity contribution in [2.75, 3.05) is 12.4 Å². The molecule has 3 heterocycles. The fourth-order valence-corrected chi connectivity index (χ4v) is 3.12. The number of hydrogen-bond donors (Lipinski definition) is 2. The highest BCUT2D eigenvalue weighted by Crippen LogP contribution is 2.29. The van der Waals surface area contributed by atoms with E-state index in [2.05, 4.69) is 25.3 Å². The van der Waals surface area contributed by atoms with E-state index in [1.807, 2.05) is 31.2 Å². The van der Waals surface area contributed by atoms with Crippen molar-refractivity contribution < 1.29 is 12.0 Å². The Bertz CT molecular complexity index is 1160.